The van der Waals surface area contributed by atoms with Crippen LogP contribution in [-0.2, 0) is 4.74 Å². The van der Waals surface area contributed by atoms with E-state index in [4.69, 9.17) is 4.74 Å². The van der Waals surface area contributed by atoms with Gasteiger partial charge in [0.1, 0.15) is 17.2 Å². The maximum Gasteiger partial charge on any atom is 0.413 e. The van der Waals surface area contributed by atoms with Gasteiger partial charge in [-0.1, -0.05) is 0 Å². The zero-order chi connectivity index (χ0) is 17.4. The van der Waals surface area contributed by atoms with Gasteiger partial charge in [-0.05, 0) is 18.2 Å². The van der Waals surface area contributed by atoms with Gasteiger partial charge in [-0.2, -0.15) is 0 Å². The van der Waals surface area contributed by atoms with Crippen molar-refractivity contribution in [1.29, 1.82) is 0 Å². The van der Waals surface area contributed by atoms with Crippen molar-refractivity contribution in [3.63, 3.8) is 0 Å². The molecule has 0 spiro atoms. The summed E-state index contributed by atoms with van der Waals surface area (Å²) in [7, 11) is 0. The molecule has 0 atom stereocenters. The molecule has 3 aliphatic rings. The molecule has 0 radical (unpaired) electrons. The number of carbonyl (C=O) groups is 1. The van der Waals surface area contributed by atoms with Crippen LogP contribution in [0, 0.1) is 11.6 Å². The van der Waals surface area contributed by atoms with E-state index < -0.39 is 23.3 Å². The summed E-state index contributed by atoms with van der Waals surface area (Å²) < 4.78 is 33.2. The van der Waals surface area contributed by atoms with Gasteiger partial charge in [0.25, 0.3) is 0 Å². The van der Waals surface area contributed by atoms with Gasteiger partial charge in [-0.25, -0.2) is 18.6 Å². The predicted molar refractivity (Wildman–Crippen MR) is 97.8 cm³/mol. The Morgan fingerprint density at radius 2 is 1.92 bits per heavy atom. The number of rotatable bonds is 3. The van der Waals surface area contributed by atoms with E-state index in [0.29, 0.717) is 4.88 Å². The molecular formula is C17H18ClF2N3O2S. The van der Waals surface area contributed by atoms with Crippen molar-refractivity contribution in [2.24, 2.45) is 0 Å². The summed E-state index contributed by atoms with van der Waals surface area (Å²) in [5.41, 5.74) is 1.13. The third kappa shape index (κ3) is 3.67. The van der Waals surface area contributed by atoms with Gasteiger partial charge in [-0.3, -0.25) is 5.32 Å². The van der Waals surface area contributed by atoms with Gasteiger partial charge in [0.05, 0.1) is 10.4 Å². The number of piperidine rings is 3. The molecule has 26 heavy (non-hydrogen) atoms. The molecule has 0 aliphatic carbocycles. The minimum atomic E-state index is -0.598. The van der Waals surface area contributed by atoms with Crippen LogP contribution >= 0.6 is 23.7 Å². The molecule has 9 heteroatoms. The quantitative estimate of drug-likeness (QED) is 0.833. The van der Waals surface area contributed by atoms with Crippen LogP contribution in [0.5, 0.6) is 0 Å². The summed E-state index contributed by atoms with van der Waals surface area (Å²) in [4.78, 5) is 19.1. The molecule has 1 amide bonds. The Morgan fingerprint density at radius 3 is 2.62 bits per heavy atom. The number of hydrogen-bond acceptors (Lipinski definition) is 5. The van der Waals surface area contributed by atoms with Crippen molar-refractivity contribution in [1.82, 2.24) is 9.88 Å². The highest BCUT2D eigenvalue weighted by Crippen LogP contribution is 2.37. The van der Waals surface area contributed by atoms with Crippen LogP contribution in [-0.4, -0.2) is 41.2 Å². The van der Waals surface area contributed by atoms with Gasteiger partial charge in [0.15, 0.2) is 5.82 Å². The number of carbonyl (C=O) groups excluding carboxylic acids is 1. The van der Waals surface area contributed by atoms with Crippen molar-refractivity contribution >= 4 is 35.7 Å². The molecule has 4 heterocycles. The van der Waals surface area contributed by atoms with Crippen LogP contribution in [0.1, 0.15) is 19.3 Å². The minimum absolute atomic E-state index is 0. The molecule has 1 aromatic carbocycles. The minimum Gasteiger partial charge on any atom is -0.443 e. The summed E-state index contributed by atoms with van der Waals surface area (Å²) >= 11 is 1.13. The topological polar surface area (TPSA) is 54.5 Å². The lowest BCUT2D eigenvalue weighted by Crippen LogP contribution is -2.54. The summed E-state index contributed by atoms with van der Waals surface area (Å²) in [6, 6.07) is 3.20. The first kappa shape index (κ1) is 19.0. The van der Waals surface area contributed by atoms with E-state index in [9.17, 15) is 13.6 Å². The highest BCUT2D eigenvalue weighted by atomic mass is 35.5. The van der Waals surface area contributed by atoms with Crippen LogP contribution in [0.15, 0.2) is 23.7 Å². The van der Waals surface area contributed by atoms with E-state index in [1.54, 1.807) is 0 Å². The second kappa shape index (κ2) is 7.46. The number of ether oxygens (including phenoxy) is 1. The standard InChI is InChI=1S/C17H17F2N3O2S.ClH/c18-11-1-2-13(19)12(9-11)14-15(20-10-25-14)21-16(23)24-17-3-6-22(7-4-17)8-5-17;/h1-2,9-10H,3-8H2,(H,21,23);1H. The molecule has 2 bridgehead atoms. The monoisotopic (exact) mass is 401 g/mol. The summed E-state index contributed by atoms with van der Waals surface area (Å²) in [5.74, 6) is -0.935. The lowest BCUT2D eigenvalue weighted by atomic mass is 9.83. The molecular weight excluding hydrogens is 384 g/mol. The molecule has 1 aromatic heterocycles. The van der Waals surface area contributed by atoms with Gasteiger partial charge >= 0.3 is 6.09 Å². The van der Waals surface area contributed by atoms with Gasteiger partial charge in [0, 0.05) is 44.5 Å². The van der Waals surface area contributed by atoms with Crippen LogP contribution in [0.25, 0.3) is 10.4 Å². The molecule has 0 saturated carbocycles. The Hall–Kier alpha value is -1.77. The van der Waals surface area contributed by atoms with E-state index in [2.05, 4.69) is 15.2 Å². The van der Waals surface area contributed by atoms with Crippen LogP contribution in [0.3, 0.4) is 0 Å². The fraction of sp³-hybridized carbons (Fsp3) is 0.412. The molecule has 1 N–H and O–H groups in total. The Balaban J connectivity index is 0.00000196. The van der Waals surface area contributed by atoms with Crippen LogP contribution in [0.4, 0.5) is 19.4 Å². The maximum absolute atomic E-state index is 14.0. The van der Waals surface area contributed by atoms with E-state index in [0.717, 1.165) is 68.4 Å². The number of anilines is 1. The maximum atomic E-state index is 14.0. The van der Waals surface area contributed by atoms with Crippen molar-refractivity contribution in [2.45, 2.75) is 24.9 Å². The molecule has 140 valence electrons. The zero-order valence-corrected chi connectivity index (χ0v) is 15.5. The molecule has 5 rings (SSSR count). The number of fused-ring (bicyclic) bond motifs is 3. The first-order valence-corrected chi connectivity index (χ1v) is 9.04. The van der Waals surface area contributed by atoms with Gasteiger partial charge in [0.2, 0.25) is 0 Å². The van der Waals surface area contributed by atoms with E-state index >= 15 is 0 Å². The van der Waals surface area contributed by atoms with Crippen LogP contribution in [0.2, 0.25) is 0 Å². The Kier molecular flexibility index (Phi) is 5.45. The molecule has 3 aliphatic heterocycles. The largest absolute Gasteiger partial charge is 0.443 e. The first-order valence-electron chi connectivity index (χ1n) is 8.16. The number of halogens is 3. The summed E-state index contributed by atoms with van der Waals surface area (Å²) in [5, 5.41) is 2.59. The summed E-state index contributed by atoms with van der Waals surface area (Å²) in [6.07, 6.45) is 1.87. The number of hydrogen-bond donors (Lipinski definition) is 1. The first-order chi connectivity index (χ1) is 12.0. The normalized spacial score (nSPS) is 24.0. The number of benzene rings is 1. The van der Waals surface area contributed by atoms with E-state index in [-0.39, 0.29) is 23.8 Å². The number of aromatic nitrogens is 1. The number of nitrogens with one attached hydrogen (secondary N) is 1. The SMILES string of the molecule is Cl.O=C(Nc1ncsc1-c1cc(F)ccc1F)OC12CCN(CC1)CC2. The number of thiazole rings is 1. The number of nitrogens with zero attached hydrogens (tertiary/aromatic N) is 2. The van der Waals surface area contributed by atoms with Crippen molar-refractivity contribution < 1.29 is 18.3 Å². The Morgan fingerprint density at radius 1 is 1.23 bits per heavy atom. The summed E-state index contributed by atoms with van der Waals surface area (Å²) in [6.45, 7) is 2.80. The smallest absolute Gasteiger partial charge is 0.413 e. The van der Waals surface area contributed by atoms with Crippen molar-refractivity contribution in [2.75, 3.05) is 25.0 Å². The highest BCUT2D eigenvalue weighted by molar-refractivity contribution is 7.13. The molecule has 2 aromatic rings. The van der Waals surface area contributed by atoms with Gasteiger partial charge in [-0.15, -0.1) is 23.7 Å². The second-order valence-corrected chi connectivity index (χ2v) is 7.30. The molecule has 5 nitrogen and oxygen atoms in total. The Labute approximate surface area is 159 Å². The zero-order valence-electron chi connectivity index (χ0n) is 13.8. The molecule has 3 fully saturated rings. The molecule has 3 saturated heterocycles. The third-order valence-corrected chi connectivity index (χ3v) is 5.78. The van der Waals surface area contributed by atoms with Gasteiger partial charge < -0.3 is 9.64 Å². The fourth-order valence-corrected chi connectivity index (χ4v) is 4.23. The third-order valence-electron chi connectivity index (χ3n) is 4.92. The van der Waals surface area contributed by atoms with Crippen molar-refractivity contribution in [3.8, 4) is 10.4 Å². The van der Waals surface area contributed by atoms with Crippen molar-refractivity contribution in [3.05, 3.63) is 35.3 Å². The Bertz CT molecular complexity index is 795. The predicted octanol–water partition coefficient (Wildman–Crippen LogP) is 4.30. The van der Waals surface area contributed by atoms with Crippen LogP contribution < -0.4 is 5.32 Å². The fourth-order valence-electron chi connectivity index (χ4n) is 3.47. The molecule has 0 unspecified atom stereocenters. The highest BCUT2D eigenvalue weighted by Gasteiger charge is 2.42. The number of amides is 1. The second-order valence-electron chi connectivity index (χ2n) is 6.44. The van der Waals surface area contributed by atoms with E-state index in [1.807, 2.05) is 0 Å². The lowest BCUT2D eigenvalue weighted by Gasteiger charge is -2.47. The lowest BCUT2D eigenvalue weighted by molar-refractivity contribution is -0.0742. The average molecular weight is 402 g/mol. The average Bonchev–Trinajstić information content (AvgIpc) is 3.06. The van der Waals surface area contributed by atoms with E-state index in [1.165, 1.54) is 5.51 Å².